The molecule has 2 aromatic rings. The minimum Gasteiger partial charge on any atom is -0.506 e. The van der Waals surface area contributed by atoms with E-state index < -0.39 is 10.0 Å². The molecule has 3 fully saturated rings. The molecule has 1 saturated carbocycles. The maximum absolute atomic E-state index is 13.3. The fourth-order valence-corrected chi connectivity index (χ4v) is 8.80. The number of nitrogens with zero attached hydrogens (tertiary/aromatic N) is 1. The summed E-state index contributed by atoms with van der Waals surface area (Å²) >= 11 is 0. The number of aryl methyl sites for hydroxylation is 1. The largest absolute Gasteiger partial charge is 0.506 e. The van der Waals surface area contributed by atoms with Crippen molar-refractivity contribution in [1.82, 2.24) is 10.0 Å². The third kappa shape index (κ3) is 7.35. The number of ether oxygens (including phenoxy) is 2. The molecule has 3 aliphatic rings. The third-order valence-electron chi connectivity index (χ3n) is 9.96. The molecule has 10 heteroatoms. The number of fused-ring (bicyclic) bond motifs is 2. The molecule has 2 unspecified atom stereocenters. The van der Waals surface area contributed by atoms with Crippen LogP contribution in [0, 0.1) is 5.41 Å². The molecule has 9 nitrogen and oxygen atoms in total. The second-order valence-electron chi connectivity index (χ2n) is 12.9. The minimum atomic E-state index is -3.64. The van der Waals surface area contributed by atoms with Crippen LogP contribution in [0.15, 0.2) is 47.4 Å². The molecule has 1 amide bonds. The van der Waals surface area contributed by atoms with Gasteiger partial charge in [-0.3, -0.25) is 4.79 Å². The van der Waals surface area contributed by atoms with Crippen molar-refractivity contribution in [2.75, 3.05) is 25.2 Å². The number of amides is 1. The van der Waals surface area contributed by atoms with Gasteiger partial charge in [-0.05, 0) is 114 Å². The number of benzene rings is 2. The van der Waals surface area contributed by atoms with E-state index in [0.717, 1.165) is 69.0 Å². The highest BCUT2D eigenvalue weighted by Gasteiger charge is 2.43. The van der Waals surface area contributed by atoms with Gasteiger partial charge < -0.3 is 24.8 Å². The maximum atomic E-state index is 13.3. The van der Waals surface area contributed by atoms with Crippen LogP contribution in [0.2, 0.25) is 0 Å². The Kier molecular flexibility index (Phi) is 10.4. The topological polar surface area (TPSA) is 117 Å². The normalized spacial score (nSPS) is 23.4. The van der Waals surface area contributed by atoms with Gasteiger partial charge in [-0.2, -0.15) is 0 Å². The minimum absolute atomic E-state index is 0.0328. The predicted octanol–water partition coefficient (Wildman–Crippen LogP) is 5.30. The standard InChI is InChI=1S/C34H49N3O6S/c1-4-43-20-19-34(17-5-6-18-34)33(39)35-24(2)7-8-25-9-16-31(32(38)21-25)37-27-10-11-28(37)23-26(22-27)36-44(40,41)30-14-12-29(42-3)13-15-30/h9,12-16,21,24,26-28,36,38H,4-8,10-11,17-20,22-23H2,1-3H3,(H,35,39)/t24-,26?,27?,28?/m0/s1. The molecule has 3 atom stereocenters. The molecule has 3 N–H and O–H groups in total. The Hall–Kier alpha value is -2.82. The molecule has 0 radical (unpaired) electrons. The molecule has 2 heterocycles. The van der Waals surface area contributed by atoms with E-state index in [1.54, 1.807) is 31.4 Å². The van der Waals surface area contributed by atoms with Gasteiger partial charge in [0.2, 0.25) is 15.9 Å². The van der Waals surface area contributed by atoms with Crippen molar-refractivity contribution in [3.63, 3.8) is 0 Å². The first kappa shape index (κ1) is 32.6. The Bertz CT molecular complexity index is 1360. The number of rotatable bonds is 14. The summed E-state index contributed by atoms with van der Waals surface area (Å²) in [7, 11) is -2.09. The van der Waals surface area contributed by atoms with Crippen molar-refractivity contribution < 1.29 is 27.8 Å². The van der Waals surface area contributed by atoms with Crippen LogP contribution in [-0.4, -0.2) is 63.9 Å². The Morgan fingerprint density at radius 2 is 1.77 bits per heavy atom. The quantitative estimate of drug-likeness (QED) is 0.243. The average Bonchev–Trinajstić information content (AvgIpc) is 3.59. The fourth-order valence-electron chi connectivity index (χ4n) is 7.54. The van der Waals surface area contributed by atoms with Crippen molar-refractivity contribution in [3.05, 3.63) is 48.0 Å². The summed E-state index contributed by atoms with van der Waals surface area (Å²) in [5, 5.41) is 14.4. The first-order chi connectivity index (χ1) is 21.1. The number of carbonyl (C=O) groups excluding carboxylic acids is 1. The molecular weight excluding hydrogens is 578 g/mol. The molecule has 2 bridgehead atoms. The molecule has 2 saturated heterocycles. The second-order valence-corrected chi connectivity index (χ2v) is 14.6. The zero-order chi connectivity index (χ0) is 31.3. The second kappa shape index (κ2) is 14.1. The third-order valence-corrected chi connectivity index (χ3v) is 11.5. The zero-order valence-corrected chi connectivity index (χ0v) is 27.2. The van der Waals surface area contributed by atoms with E-state index in [-0.39, 0.29) is 46.1 Å². The van der Waals surface area contributed by atoms with E-state index in [0.29, 0.717) is 31.8 Å². The van der Waals surface area contributed by atoms with Crippen LogP contribution in [-0.2, 0) is 26.0 Å². The first-order valence-corrected chi connectivity index (χ1v) is 17.8. The van der Waals surface area contributed by atoms with Crippen LogP contribution >= 0.6 is 0 Å². The molecule has 44 heavy (non-hydrogen) atoms. The summed E-state index contributed by atoms with van der Waals surface area (Å²) in [4.78, 5) is 15.8. The van der Waals surface area contributed by atoms with E-state index in [4.69, 9.17) is 9.47 Å². The van der Waals surface area contributed by atoms with E-state index >= 15 is 0 Å². The van der Waals surface area contributed by atoms with Crippen LogP contribution in [0.1, 0.15) is 83.6 Å². The van der Waals surface area contributed by atoms with Gasteiger partial charge in [0, 0.05) is 37.4 Å². The molecular formula is C34H49N3O6S. The summed E-state index contributed by atoms with van der Waals surface area (Å²) in [6.07, 6.45) is 9.70. The maximum Gasteiger partial charge on any atom is 0.240 e. The number of phenols is 1. The average molecular weight is 628 g/mol. The lowest BCUT2D eigenvalue weighted by Gasteiger charge is -2.41. The van der Waals surface area contributed by atoms with E-state index in [2.05, 4.69) is 27.9 Å². The SMILES string of the molecule is CCOCCC1(C(=O)N[C@@H](C)CCc2ccc(N3C4CCC3CC(NS(=O)(=O)c3ccc(OC)cc3)C4)c(O)c2)CCCC1. The van der Waals surface area contributed by atoms with Crippen molar-refractivity contribution in [2.24, 2.45) is 5.41 Å². The summed E-state index contributed by atoms with van der Waals surface area (Å²) in [5.74, 6) is 1.03. The van der Waals surface area contributed by atoms with Crippen LogP contribution in [0.5, 0.6) is 11.5 Å². The lowest BCUT2D eigenvalue weighted by Crippen LogP contribution is -2.50. The fraction of sp³-hybridized carbons (Fsp3) is 0.618. The number of hydrogen-bond donors (Lipinski definition) is 3. The number of methoxy groups -OCH3 is 1. The Labute approximate surface area is 262 Å². The van der Waals surface area contributed by atoms with Crippen molar-refractivity contribution in [2.45, 2.75) is 114 Å². The lowest BCUT2D eigenvalue weighted by molar-refractivity contribution is -0.132. The number of nitrogens with one attached hydrogen (secondary N) is 2. The van der Waals surface area contributed by atoms with Crippen LogP contribution in [0.3, 0.4) is 0 Å². The predicted molar refractivity (Wildman–Crippen MR) is 172 cm³/mol. The Balaban J connectivity index is 1.15. The molecule has 1 aliphatic carbocycles. The van der Waals surface area contributed by atoms with Crippen molar-refractivity contribution in [1.29, 1.82) is 0 Å². The summed E-state index contributed by atoms with van der Waals surface area (Å²) in [5.41, 5.74) is 1.55. The smallest absolute Gasteiger partial charge is 0.240 e. The van der Waals surface area contributed by atoms with Gasteiger partial charge in [-0.1, -0.05) is 18.9 Å². The number of anilines is 1. The van der Waals surface area contributed by atoms with Gasteiger partial charge in [0.05, 0.1) is 23.1 Å². The first-order valence-electron chi connectivity index (χ1n) is 16.3. The number of carbonyl (C=O) groups is 1. The molecule has 2 aromatic carbocycles. The highest BCUT2D eigenvalue weighted by Crippen LogP contribution is 2.44. The van der Waals surface area contributed by atoms with Crippen LogP contribution in [0.25, 0.3) is 0 Å². The highest BCUT2D eigenvalue weighted by molar-refractivity contribution is 7.89. The molecule has 242 valence electrons. The van der Waals surface area contributed by atoms with Gasteiger partial charge in [0.25, 0.3) is 0 Å². The van der Waals surface area contributed by atoms with Crippen LogP contribution in [0.4, 0.5) is 5.69 Å². The Morgan fingerprint density at radius 3 is 2.39 bits per heavy atom. The van der Waals surface area contributed by atoms with Gasteiger partial charge in [0.15, 0.2) is 0 Å². The summed E-state index contributed by atoms with van der Waals surface area (Å²) < 4.78 is 39.7. The summed E-state index contributed by atoms with van der Waals surface area (Å²) in [6, 6.07) is 12.6. The summed E-state index contributed by atoms with van der Waals surface area (Å²) in [6.45, 7) is 5.34. The van der Waals surface area contributed by atoms with E-state index in [9.17, 15) is 18.3 Å². The van der Waals surface area contributed by atoms with Crippen LogP contribution < -0.4 is 19.7 Å². The van der Waals surface area contributed by atoms with E-state index in [1.807, 2.05) is 19.1 Å². The van der Waals surface area contributed by atoms with Gasteiger partial charge in [-0.25, -0.2) is 13.1 Å². The van der Waals surface area contributed by atoms with Gasteiger partial charge >= 0.3 is 0 Å². The van der Waals surface area contributed by atoms with Crippen molar-refractivity contribution in [3.8, 4) is 11.5 Å². The molecule has 0 spiro atoms. The number of aromatic hydroxyl groups is 1. The number of hydrogen-bond acceptors (Lipinski definition) is 7. The van der Waals surface area contributed by atoms with Crippen molar-refractivity contribution >= 4 is 21.6 Å². The number of phenolic OH excluding ortho intramolecular Hbond substituents is 1. The zero-order valence-electron chi connectivity index (χ0n) is 26.4. The molecule has 5 rings (SSSR count). The van der Waals surface area contributed by atoms with Gasteiger partial charge in [-0.15, -0.1) is 0 Å². The monoisotopic (exact) mass is 627 g/mol. The number of sulfonamides is 1. The Morgan fingerprint density at radius 1 is 1.09 bits per heavy atom. The molecule has 2 aliphatic heterocycles. The number of piperidine rings is 1. The van der Waals surface area contributed by atoms with Gasteiger partial charge in [0.1, 0.15) is 11.5 Å². The van der Waals surface area contributed by atoms with E-state index in [1.165, 1.54) is 0 Å². The lowest BCUT2D eigenvalue weighted by atomic mass is 9.81. The molecule has 0 aromatic heterocycles. The highest BCUT2D eigenvalue weighted by atomic mass is 32.2.